The Morgan fingerprint density at radius 1 is 1.67 bits per heavy atom. The maximum atomic E-state index is 7.50. The van der Waals surface area contributed by atoms with Gasteiger partial charge in [-0.3, -0.25) is 0 Å². The van der Waals surface area contributed by atoms with Crippen LogP contribution >= 0.6 is 0 Å². The minimum Gasteiger partial charge on any atom is -0.384 e. The van der Waals surface area contributed by atoms with Crippen LogP contribution in [0.3, 0.4) is 0 Å². The van der Waals surface area contributed by atoms with Crippen LogP contribution in [0.5, 0.6) is 0 Å². The SMILES string of the molecule is [2H]C1=CN(C(C)(C)C)C(=C)N=C1N. The van der Waals surface area contributed by atoms with Crippen molar-refractivity contribution in [2.24, 2.45) is 10.7 Å². The predicted octanol–water partition coefficient (Wildman–Crippen LogP) is 1.44. The van der Waals surface area contributed by atoms with E-state index in [1.54, 1.807) is 6.20 Å². The molecule has 0 fully saturated rings. The lowest BCUT2D eigenvalue weighted by Gasteiger charge is -2.35. The van der Waals surface area contributed by atoms with Crippen LogP contribution in [0.1, 0.15) is 22.1 Å². The van der Waals surface area contributed by atoms with Gasteiger partial charge in [-0.15, -0.1) is 0 Å². The first-order chi connectivity index (χ1) is 5.82. The van der Waals surface area contributed by atoms with Crippen molar-refractivity contribution in [3.8, 4) is 0 Å². The van der Waals surface area contributed by atoms with E-state index in [0.29, 0.717) is 5.82 Å². The van der Waals surface area contributed by atoms with Gasteiger partial charge in [-0.1, -0.05) is 6.58 Å². The van der Waals surface area contributed by atoms with Crippen LogP contribution < -0.4 is 5.73 Å². The molecule has 0 saturated heterocycles. The molecule has 0 atom stereocenters. The van der Waals surface area contributed by atoms with Crippen LogP contribution in [0.4, 0.5) is 0 Å². The van der Waals surface area contributed by atoms with E-state index in [9.17, 15) is 0 Å². The first-order valence-electron chi connectivity index (χ1n) is 4.33. The van der Waals surface area contributed by atoms with Gasteiger partial charge < -0.3 is 10.6 Å². The normalized spacial score (nSPS) is 20.1. The fourth-order valence-electron chi connectivity index (χ4n) is 1.01. The molecular weight excluding hydrogens is 150 g/mol. The number of nitrogens with zero attached hydrogens (tertiary/aromatic N) is 2. The molecule has 1 aliphatic heterocycles. The molecular formula is C9H15N3. The fraction of sp³-hybridized carbons (Fsp3) is 0.444. The van der Waals surface area contributed by atoms with Crippen molar-refractivity contribution >= 4 is 5.84 Å². The van der Waals surface area contributed by atoms with Crippen LogP contribution in [0.15, 0.2) is 29.6 Å². The Bertz CT molecular complexity index is 296. The highest BCUT2D eigenvalue weighted by Gasteiger charge is 2.21. The van der Waals surface area contributed by atoms with Crippen molar-refractivity contribution in [1.29, 1.82) is 0 Å². The summed E-state index contributed by atoms with van der Waals surface area (Å²) < 4.78 is 7.50. The molecule has 1 aliphatic rings. The summed E-state index contributed by atoms with van der Waals surface area (Å²) in [6.07, 6.45) is 1.66. The fourth-order valence-corrected chi connectivity index (χ4v) is 1.01. The number of rotatable bonds is 0. The van der Waals surface area contributed by atoms with Gasteiger partial charge in [0.2, 0.25) is 0 Å². The standard InChI is InChI=1S/C9H15N3/c1-7-11-8(10)5-6-12(7)9(2,3)4/h5-6H,1H2,2-4H3,(H2,10,11)/i5D. The smallest absolute Gasteiger partial charge is 0.128 e. The van der Waals surface area contributed by atoms with Crippen LogP contribution in [-0.2, 0) is 0 Å². The highest BCUT2D eigenvalue weighted by molar-refractivity contribution is 5.92. The number of amidine groups is 1. The highest BCUT2D eigenvalue weighted by atomic mass is 15.3. The molecule has 0 radical (unpaired) electrons. The van der Waals surface area contributed by atoms with Gasteiger partial charge in [-0.05, 0) is 26.8 Å². The van der Waals surface area contributed by atoms with E-state index in [1.165, 1.54) is 0 Å². The van der Waals surface area contributed by atoms with E-state index in [0.717, 1.165) is 0 Å². The van der Waals surface area contributed by atoms with Crippen LogP contribution in [-0.4, -0.2) is 16.3 Å². The van der Waals surface area contributed by atoms with Gasteiger partial charge in [-0.25, -0.2) is 4.99 Å². The van der Waals surface area contributed by atoms with Crippen molar-refractivity contribution in [1.82, 2.24) is 4.90 Å². The summed E-state index contributed by atoms with van der Waals surface area (Å²) in [7, 11) is 0. The second-order valence-corrected chi connectivity index (χ2v) is 3.73. The molecule has 0 aromatic heterocycles. The van der Waals surface area contributed by atoms with E-state index in [-0.39, 0.29) is 17.4 Å². The molecule has 0 amide bonds. The van der Waals surface area contributed by atoms with Gasteiger partial charge in [0, 0.05) is 11.7 Å². The van der Waals surface area contributed by atoms with Crippen LogP contribution in [0.2, 0.25) is 0 Å². The molecule has 12 heavy (non-hydrogen) atoms. The molecule has 1 rings (SSSR count). The van der Waals surface area contributed by atoms with Gasteiger partial charge in [0.25, 0.3) is 0 Å². The summed E-state index contributed by atoms with van der Waals surface area (Å²) in [6.45, 7) is 9.86. The summed E-state index contributed by atoms with van der Waals surface area (Å²) in [4.78, 5) is 5.82. The quantitative estimate of drug-likeness (QED) is 0.591. The Kier molecular flexibility index (Phi) is 1.64. The van der Waals surface area contributed by atoms with Crippen LogP contribution in [0, 0.1) is 0 Å². The second kappa shape index (κ2) is 2.66. The van der Waals surface area contributed by atoms with Crippen molar-refractivity contribution in [2.45, 2.75) is 26.3 Å². The summed E-state index contributed by atoms with van der Waals surface area (Å²) in [5, 5.41) is 0. The molecule has 0 unspecified atom stereocenters. The largest absolute Gasteiger partial charge is 0.384 e. The van der Waals surface area contributed by atoms with Crippen LogP contribution in [0.25, 0.3) is 0 Å². The number of aliphatic imine (C=N–C) groups is 1. The summed E-state index contributed by atoms with van der Waals surface area (Å²) in [5.74, 6) is 0.812. The van der Waals surface area contributed by atoms with Gasteiger partial charge in [0.05, 0.1) is 1.37 Å². The van der Waals surface area contributed by atoms with Crippen molar-refractivity contribution in [3.05, 3.63) is 24.7 Å². The van der Waals surface area contributed by atoms with E-state index >= 15 is 0 Å². The average molecular weight is 166 g/mol. The first-order valence-corrected chi connectivity index (χ1v) is 3.83. The third kappa shape index (κ3) is 1.67. The Morgan fingerprint density at radius 2 is 2.25 bits per heavy atom. The topological polar surface area (TPSA) is 41.6 Å². The molecule has 0 aliphatic carbocycles. The van der Waals surface area contributed by atoms with Gasteiger partial charge in [0.1, 0.15) is 11.7 Å². The molecule has 0 aromatic rings. The number of hydrogen-bond donors (Lipinski definition) is 1. The maximum Gasteiger partial charge on any atom is 0.128 e. The first kappa shape index (κ1) is 7.40. The Morgan fingerprint density at radius 3 is 2.75 bits per heavy atom. The van der Waals surface area contributed by atoms with Gasteiger partial charge >= 0.3 is 0 Å². The zero-order chi connectivity index (χ0) is 10.2. The Hall–Kier alpha value is -1.25. The maximum absolute atomic E-state index is 7.50. The Balaban J connectivity index is 3.01. The van der Waals surface area contributed by atoms with Crippen molar-refractivity contribution < 1.29 is 1.37 Å². The lowest BCUT2D eigenvalue weighted by Crippen LogP contribution is -2.38. The second-order valence-electron chi connectivity index (χ2n) is 3.73. The monoisotopic (exact) mass is 166 g/mol. The molecule has 0 spiro atoms. The number of nitrogens with two attached hydrogens (primary N) is 1. The van der Waals surface area contributed by atoms with E-state index in [2.05, 4.69) is 11.6 Å². The molecule has 0 saturated carbocycles. The van der Waals surface area contributed by atoms with Gasteiger partial charge in [-0.2, -0.15) is 0 Å². The molecule has 3 heteroatoms. The van der Waals surface area contributed by atoms with Gasteiger partial charge in [0.15, 0.2) is 0 Å². The number of hydrogen-bond acceptors (Lipinski definition) is 3. The van der Waals surface area contributed by atoms with E-state index < -0.39 is 0 Å². The molecule has 1 heterocycles. The lowest BCUT2D eigenvalue weighted by molar-refractivity contribution is 0.256. The molecule has 3 nitrogen and oxygen atoms in total. The molecule has 0 aromatic carbocycles. The highest BCUT2D eigenvalue weighted by Crippen LogP contribution is 2.21. The third-order valence-electron chi connectivity index (χ3n) is 1.59. The van der Waals surface area contributed by atoms with Crippen molar-refractivity contribution in [3.63, 3.8) is 0 Å². The summed E-state index contributed by atoms with van der Waals surface area (Å²) >= 11 is 0. The summed E-state index contributed by atoms with van der Waals surface area (Å²) in [5.41, 5.74) is 5.36. The minimum absolute atomic E-state index is 0.117. The molecule has 66 valence electrons. The van der Waals surface area contributed by atoms with E-state index in [1.807, 2.05) is 25.7 Å². The molecule has 2 N–H and O–H groups in total. The third-order valence-corrected chi connectivity index (χ3v) is 1.59. The van der Waals surface area contributed by atoms with Crippen molar-refractivity contribution in [2.75, 3.05) is 0 Å². The minimum atomic E-state index is -0.117. The Labute approximate surface area is 74.7 Å². The van der Waals surface area contributed by atoms with E-state index in [4.69, 9.17) is 7.10 Å². The lowest BCUT2D eigenvalue weighted by atomic mass is 10.1. The predicted molar refractivity (Wildman–Crippen MR) is 51.5 cm³/mol. The zero-order valence-corrected chi connectivity index (χ0v) is 7.76. The summed E-state index contributed by atoms with van der Waals surface area (Å²) in [6, 6.07) is 0.238. The zero-order valence-electron chi connectivity index (χ0n) is 8.76. The molecule has 0 bridgehead atoms. The average Bonchev–Trinajstić information content (AvgIpc) is 1.94.